The molecule has 0 radical (unpaired) electrons. The second kappa shape index (κ2) is 7.54. The van der Waals surface area contributed by atoms with Crippen LogP contribution in [0.15, 0.2) is 24.5 Å². The van der Waals surface area contributed by atoms with Crippen molar-refractivity contribution in [3.8, 4) is 0 Å². The molecule has 2 rings (SSSR count). The van der Waals surface area contributed by atoms with Gasteiger partial charge in [-0.25, -0.2) is 0 Å². The van der Waals surface area contributed by atoms with E-state index in [1.807, 2.05) is 12.1 Å². The minimum atomic E-state index is -0.184. The third-order valence-electron chi connectivity index (χ3n) is 2.57. The number of nitrogens with one attached hydrogen (secondary N) is 2. The van der Waals surface area contributed by atoms with Crippen molar-refractivity contribution >= 4 is 22.4 Å². The lowest BCUT2D eigenvalue weighted by Gasteiger charge is -2.02. The number of nitrogens with zero attached hydrogens (tertiary/aromatic N) is 3. The van der Waals surface area contributed by atoms with Crippen LogP contribution in [0.5, 0.6) is 0 Å². The average Bonchev–Trinajstić information content (AvgIpc) is 2.95. The monoisotopic (exact) mass is 291 g/mol. The van der Waals surface area contributed by atoms with Crippen LogP contribution in [-0.4, -0.2) is 34.2 Å². The number of carbonyl (C=O) groups excluding carboxylic acids is 1. The number of hydrogen-bond acceptors (Lipinski definition) is 6. The maximum absolute atomic E-state index is 11.9. The van der Waals surface area contributed by atoms with Gasteiger partial charge in [0.05, 0.1) is 0 Å². The molecule has 2 aromatic rings. The van der Waals surface area contributed by atoms with Gasteiger partial charge in [-0.2, -0.15) is 0 Å². The fourth-order valence-corrected chi connectivity index (χ4v) is 2.25. The molecule has 2 aromatic heterocycles. The Hall–Kier alpha value is -2.02. The molecule has 0 saturated carbocycles. The van der Waals surface area contributed by atoms with E-state index in [0.717, 1.165) is 24.9 Å². The molecule has 7 heteroatoms. The van der Waals surface area contributed by atoms with Crippen LogP contribution in [0.4, 0.5) is 5.13 Å². The van der Waals surface area contributed by atoms with Gasteiger partial charge in [0.2, 0.25) is 10.1 Å². The predicted octanol–water partition coefficient (Wildman–Crippen LogP) is 1.73. The summed E-state index contributed by atoms with van der Waals surface area (Å²) in [5.41, 5.74) is 1.09. The number of rotatable bonds is 7. The Morgan fingerprint density at radius 3 is 3.00 bits per heavy atom. The molecule has 0 spiro atoms. The van der Waals surface area contributed by atoms with Crippen LogP contribution in [0.25, 0.3) is 0 Å². The number of anilines is 1. The summed E-state index contributed by atoms with van der Waals surface area (Å²) in [5.74, 6) is -0.184. The van der Waals surface area contributed by atoms with Gasteiger partial charge in [0.1, 0.15) is 0 Å². The molecule has 2 heterocycles. The van der Waals surface area contributed by atoms with Crippen LogP contribution in [0, 0.1) is 0 Å². The molecule has 0 atom stereocenters. The molecule has 6 nitrogen and oxygen atoms in total. The zero-order valence-corrected chi connectivity index (χ0v) is 12.1. The van der Waals surface area contributed by atoms with E-state index in [9.17, 15) is 4.79 Å². The first kappa shape index (κ1) is 14.4. The predicted molar refractivity (Wildman–Crippen MR) is 79.0 cm³/mol. The molecular weight excluding hydrogens is 274 g/mol. The van der Waals surface area contributed by atoms with E-state index in [1.54, 1.807) is 12.4 Å². The van der Waals surface area contributed by atoms with Crippen LogP contribution >= 0.6 is 11.3 Å². The van der Waals surface area contributed by atoms with Crippen molar-refractivity contribution in [3.05, 3.63) is 35.1 Å². The lowest BCUT2D eigenvalue weighted by atomic mass is 10.2. The van der Waals surface area contributed by atoms with E-state index < -0.39 is 0 Å². The summed E-state index contributed by atoms with van der Waals surface area (Å²) in [6, 6.07) is 3.87. The molecule has 20 heavy (non-hydrogen) atoms. The molecule has 0 aliphatic heterocycles. The normalized spacial score (nSPS) is 10.2. The first-order chi connectivity index (χ1) is 9.79. The zero-order valence-electron chi connectivity index (χ0n) is 11.3. The van der Waals surface area contributed by atoms with E-state index in [2.05, 4.69) is 32.7 Å². The van der Waals surface area contributed by atoms with E-state index in [4.69, 9.17) is 0 Å². The Morgan fingerprint density at radius 1 is 1.35 bits per heavy atom. The van der Waals surface area contributed by atoms with Gasteiger partial charge in [-0.3, -0.25) is 9.78 Å². The minimum absolute atomic E-state index is 0.184. The molecule has 0 aromatic carbocycles. The molecule has 1 amide bonds. The molecular formula is C13H17N5OS. The summed E-state index contributed by atoms with van der Waals surface area (Å²) in [7, 11) is 0. The maximum Gasteiger partial charge on any atom is 0.282 e. The topological polar surface area (TPSA) is 79.8 Å². The molecule has 0 fully saturated rings. The van der Waals surface area contributed by atoms with Gasteiger partial charge >= 0.3 is 0 Å². The van der Waals surface area contributed by atoms with Crippen LogP contribution < -0.4 is 10.6 Å². The third kappa shape index (κ3) is 4.27. The first-order valence-corrected chi connectivity index (χ1v) is 7.35. The summed E-state index contributed by atoms with van der Waals surface area (Å²) in [4.78, 5) is 15.9. The van der Waals surface area contributed by atoms with Gasteiger partial charge in [-0.05, 0) is 24.5 Å². The highest BCUT2D eigenvalue weighted by Crippen LogP contribution is 2.14. The Balaban J connectivity index is 1.78. The maximum atomic E-state index is 11.9. The van der Waals surface area contributed by atoms with Gasteiger partial charge < -0.3 is 10.6 Å². The Labute approximate surface area is 121 Å². The van der Waals surface area contributed by atoms with Crippen molar-refractivity contribution in [1.82, 2.24) is 20.5 Å². The SMILES string of the molecule is CCCNc1nnc(C(=O)NCCc2cccnc2)s1. The van der Waals surface area contributed by atoms with Gasteiger partial charge in [0, 0.05) is 25.5 Å². The van der Waals surface area contributed by atoms with Gasteiger partial charge in [0.25, 0.3) is 5.91 Å². The molecule has 0 saturated heterocycles. The van der Waals surface area contributed by atoms with Crippen molar-refractivity contribution in [1.29, 1.82) is 0 Å². The minimum Gasteiger partial charge on any atom is -0.360 e. The molecule has 0 unspecified atom stereocenters. The number of aromatic nitrogens is 3. The highest BCUT2D eigenvalue weighted by molar-refractivity contribution is 7.17. The third-order valence-corrected chi connectivity index (χ3v) is 3.45. The van der Waals surface area contributed by atoms with Crippen molar-refractivity contribution in [2.24, 2.45) is 0 Å². The van der Waals surface area contributed by atoms with E-state index in [-0.39, 0.29) is 5.91 Å². The first-order valence-electron chi connectivity index (χ1n) is 6.54. The van der Waals surface area contributed by atoms with Crippen LogP contribution in [0.1, 0.15) is 28.7 Å². The Morgan fingerprint density at radius 2 is 2.25 bits per heavy atom. The van der Waals surface area contributed by atoms with Crippen molar-refractivity contribution in [3.63, 3.8) is 0 Å². The second-order valence-electron chi connectivity index (χ2n) is 4.21. The van der Waals surface area contributed by atoms with E-state index in [0.29, 0.717) is 16.7 Å². The second-order valence-corrected chi connectivity index (χ2v) is 5.18. The highest BCUT2D eigenvalue weighted by atomic mass is 32.1. The molecule has 0 aliphatic rings. The average molecular weight is 291 g/mol. The van der Waals surface area contributed by atoms with Crippen LogP contribution in [0.3, 0.4) is 0 Å². The fourth-order valence-electron chi connectivity index (χ4n) is 1.56. The summed E-state index contributed by atoms with van der Waals surface area (Å²) in [6.45, 7) is 3.46. The van der Waals surface area contributed by atoms with Gasteiger partial charge in [-0.15, -0.1) is 10.2 Å². The largest absolute Gasteiger partial charge is 0.360 e. The number of amides is 1. The van der Waals surface area contributed by atoms with Crippen LogP contribution in [-0.2, 0) is 6.42 Å². The lowest BCUT2D eigenvalue weighted by molar-refractivity contribution is 0.0953. The molecule has 0 aliphatic carbocycles. The van der Waals surface area contributed by atoms with Crippen molar-refractivity contribution < 1.29 is 4.79 Å². The summed E-state index contributed by atoms with van der Waals surface area (Å²) >= 11 is 1.27. The zero-order chi connectivity index (χ0) is 14.2. The molecule has 2 N–H and O–H groups in total. The molecule has 0 bridgehead atoms. The number of carbonyl (C=O) groups is 1. The highest BCUT2D eigenvalue weighted by Gasteiger charge is 2.11. The number of pyridine rings is 1. The van der Waals surface area contributed by atoms with Crippen molar-refractivity contribution in [2.75, 3.05) is 18.4 Å². The molecule has 106 valence electrons. The quantitative estimate of drug-likeness (QED) is 0.812. The smallest absolute Gasteiger partial charge is 0.282 e. The Kier molecular flexibility index (Phi) is 5.43. The lowest BCUT2D eigenvalue weighted by Crippen LogP contribution is -2.25. The van der Waals surface area contributed by atoms with Gasteiger partial charge in [-0.1, -0.05) is 24.3 Å². The summed E-state index contributed by atoms with van der Waals surface area (Å²) in [6.07, 6.45) is 5.28. The summed E-state index contributed by atoms with van der Waals surface area (Å²) in [5, 5.41) is 14.8. The Bertz CT molecular complexity index is 543. The standard InChI is InChI=1S/C13H17N5OS/c1-2-6-16-13-18-17-12(20-13)11(19)15-8-5-10-4-3-7-14-9-10/h3-4,7,9H,2,5-6,8H2,1H3,(H,15,19)(H,16,18). The van der Waals surface area contributed by atoms with Crippen LogP contribution in [0.2, 0.25) is 0 Å². The fraction of sp³-hybridized carbons (Fsp3) is 0.385. The van der Waals surface area contributed by atoms with Gasteiger partial charge in [0.15, 0.2) is 0 Å². The van der Waals surface area contributed by atoms with Crippen molar-refractivity contribution in [2.45, 2.75) is 19.8 Å². The summed E-state index contributed by atoms with van der Waals surface area (Å²) < 4.78 is 0. The number of hydrogen-bond donors (Lipinski definition) is 2. The van der Waals surface area contributed by atoms with E-state index in [1.165, 1.54) is 11.3 Å². The van der Waals surface area contributed by atoms with E-state index >= 15 is 0 Å².